The quantitative estimate of drug-likeness (QED) is 0.867. The molecule has 3 rings (SSSR count). The summed E-state index contributed by atoms with van der Waals surface area (Å²) in [6, 6.07) is 3.88. The predicted molar refractivity (Wildman–Crippen MR) is 79.2 cm³/mol. The lowest BCUT2D eigenvalue weighted by Gasteiger charge is -2.36. The van der Waals surface area contributed by atoms with E-state index in [0.29, 0.717) is 11.7 Å². The average Bonchev–Trinajstić information content (AvgIpc) is 3.17. The van der Waals surface area contributed by atoms with Gasteiger partial charge in [0.1, 0.15) is 0 Å². The van der Waals surface area contributed by atoms with Crippen molar-refractivity contribution in [1.29, 1.82) is 0 Å². The van der Waals surface area contributed by atoms with E-state index in [1.165, 1.54) is 11.3 Å². The first-order chi connectivity index (χ1) is 10.1. The number of hydrogen-bond acceptors (Lipinski definition) is 6. The van der Waals surface area contributed by atoms with E-state index in [0.717, 1.165) is 31.1 Å². The molecular formula is C14H18N4O2S. The van der Waals surface area contributed by atoms with E-state index in [2.05, 4.69) is 22.0 Å². The van der Waals surface area contributed by atoms with Crippen molar-refractivity contribution in [2.24, 2.45) is 0 Å². The third-order valence-corrected chi connectivity index (χ3v) is 4.64. The van der Waals surface area contributed by atoms with Crippen molar-refractivity contribution in [3.63, 3.8) is 0 Å². The average molecular weight is 306 g/mol. The van der Waals surface area contributed by atoms with Crippen molar-refractivity contribution in [3.8, 4) is 0 Å². The fourth-order valence-electron chi connectivity index (χ4n) is 2.51. The van der Waals surface area contributed by atoms with E-state index < -0.39 is 0 Å². The van der Waals surface area contributed by atoms with Crippen LogP contribution in [0.2, 0.25) is 0 Å². The summed E-state index contributed by atoms with van der Waals surface area (Å²) >= 11 is 1.49. The number of amides is 1. The van der Waals surface area contributed by atoms with Gasteiger partial charge in [-0.25, -0.2) is 0 Å². The van der Waals surface area contributed by atoms with Gasteiger partial charge in [0.25, 0.3) is 5.91 Å². The van der Waals surface area contributed by atoms with Crippen molar-refractivity contribution < 1.29 is 9.32 Å². The Morgan fingerprint density at radius 2 is 2.14 bits per heavy atom. The lowest BCUT2D eigenvalue weighted by atomic mass is 10.2. The molecule has 7 heteroatoms. The van der Waals surface area contributed by atoms with Crippen LogP contribution in [-0.2, 0) is 0 Å². The normalized spacial score (nSPS) is 17.9. The van der Waals surface area contributed by atoms with Gasteiger partial charge in [-0.15, -0.1) is 11.3 Å². The fraction of sp³-hybridized carbons (Fsp3) is 0.500. The minimum Gasteiger partial charge on any atom is -0.338 e. The highest BCUT2D eigenvalue weighted by molar-refractivity contribution is 7.12. The Balaban J connectivity index is 1.59. The van der Waals surface area contributed by atoms with Gasteiger partial charge in [0.2, 0.25) is 5.89 Å². The summed E-state index contributed by atoms with van der Waals surface area (Å²) in [5.74, 6) is 1.43. The Hall–Kier alpha value is -1.73. The number of rotatable bonds is 3. The molecule has 1 fully saturated rings. The van der Waals surface area contributed by atoms with Crippen LogP contribution in [0, 0.1) is 6.92 Å². The Kier molecular flexibility index (Phi) is 4.03. The van der Waals surface area contributed by atoms with Crippen LogP contribution in [-0.4, -0.2) is 52.0 Å². The van der Waals surface area contributed by atoms with E-state index in [4.69, 9.17) is 4.52 Å². The summed E-state index contributed by atoms with van der Waals surface area (Å²) < 4.78 is 5.23. The van der Waals surface area contributed by atoms with Crippen molar-refractivity contribution in [3.05, 3.63) is 34.1 Å². The Morgan fingerprint density at radius 1 is 1.38 bits per heavy atom. The largest absolute Gasteiger partial charge is 0.338 e. The zero-order valence-electron chi connectivity index (χ0n) is 12.2. The second-order valence-corrected chi connectivity index (χ2v) is 6.11. The first-order valence-electron chi connectivity index (χ1n) is 7.02. The molecule has 6 nitrogen and oxygen atoms in total. The Bertz CT molecular complexity index is 602. The molecule has 1 aliphatic heterocycles. The summed E-state index contributed by atoms with van der Waals surface area (Å²) in [7, 11) is 0. The van der Waals surface area contributed by atoms with Gasteiger partial charge in [0, 0.05) is 26.2 Å². The van der Waals surface area contributed by atoms with Gasteiger partial charge >= 0.3 is 0 Å². The van der Waals surface area contributed by atoms with Crippen LogP contribution >= 0.6 is 11.3 Å². The molecule has 0 spiro atoms. The van der Waals surface area contributed by atoms with Crippen LogP contribution in [0.5, 0.6) is 0 Å². The summed E-state index contributed by atoms with van der Waals surface area (Å²) in [6.45, 7) is 6.98. The molecule has 1 aliphatic rings. The highest BCUT2D eigenvalue weighted by atomic mass is 32.1. The minimum atomic E-state index is 0.0881. The maximum Gasteiger partial charge on any atom is 0.264 e. The van der Waals surface area contributed by atoms with E-state index in [1.54, 1.807) is 0 Å². The van der Waals surface area contributed by atoms with Crippen LogP contribution in [0.15, 0.2) is 22.0 Å². The van der Waals surface area contributed by atoms with Gasteiger partial charge in [-0.2, -0.15) is 4.98 Å². The Labute approximate surface area is 127 Å². The van der Waals surface area contributed by atoms with Gasteiger partial charge in [-0.1, -0.05) is 11.2 Å². The topological polar surface area (TPSA) is 62.5 Å². The van der Waals surface area contributed by atoms with Gasteiger partial charge in [-0.05, 0) is 25.3 Å². The van der Waals surface area contributed by atoms with Gasteiger partial charge < -0.3 is 9.42 Å². The number of aromatic nitrogens is 2. The fourth-order valence-corrected chi connectivity index (χ4v) is 3.20. The number of piperazine rings is 1. The van der Waals surface area contributed by atoms with Gasteiger partial charge in [-0.3, -0.25) is 9.69 Å². The van der Waals surface area contributed by atoms with Crippen LogP contribution in [0.25, 0.3) is 0 Å². The van der Waals surface area contributed by atoms with E-state index in [9.17, 15) is 4.79 Å². The van der Waals surface area contributed by atoms with Crippen molar-refractivity contribution in [1.82, 2.24) is 19.9 Å². The molecule has 1 saturated heterocycles. The molecule has 21 heavy (non-hydrogen) atoms. The maximum atomic E-state index is 12.3. The number of hydrogen-bond donors (Lipinski definition) is 0. The molecule has 1 unspecified atom stereocenters. The van der Waals surface area contributed by atoms with E-state index in [-0.39, 0.29) is 11.9 Å². The smallest absolute Gasteiger partial charge is 0.264 e. The first kappa shape index (κ1) is 14.2. The first-order valence-corrected chi connectivity index (χ1v) is 7.90. The zero-order valence-corrected chi connectivity index (χ0v) is 13.0. The van der Waals surface area contributed by atoms with Crippen LogP contribution < -0.4 is 0 Å². The zero-order chi connectivity index (χ0) is 14.8. The molecule has 0 N–H and O–H groups in total. The molecule has 0 radical (unpaired) electrons. The molecule has 0 bridgehead atoms. The molecule has 2 aromatic rings. The molecule has 3 heterocycles. The molecule has 0 aliphatic carbocycles. The van der Waals surface area contributed by atoms with Crippen LogP contribution in [0.3, 0.4) is 0 Å². The highest BCUT2D eigenvalue weighted by Gasteiger charge is 2.27. The van der Waals surface area contributed by atoms with Crippen molar-refractivity contribution >= 4 is 17.2 Å². The number of aryl methyl sites for hydroxylation is 1. The summed E-state index contributed by atoms with van der Waals surface area (Å²) in [5.41, 5.74) is 0. The highest BCUT2D eigenvalue weighted by Crippen LogP contribution is 2.21. The summed E-state index contributed by atoms with van der Waals surface area (Å²) in [6.07, 6.45) is 0. The number of carbonyl (C=O) groups excluding carboxylic acids is 1. The minimum absolute atomic E-state index is 0.0881. The van der Waals surface area contributed by atoms with Crippen LogP contribution in [0.4, 0.5) is 0 Å². The lowest BCUT2D eigenvalue weighted by Crippen LogP contribution is -2.49. The molecule has 1 amide bonds. The van der Waals surface area contributed by atoms with Crippen molar-refractivity contribution in [2.45, 2.75) is 19.9 Å². The number of thiophene rings is 1. The molecule has 0 aromatic carbocycles. The lowest BCUT2D eigenvalue weighted by molar-refractivity contribution is 0.0556. The second-order valence-electron chi connectivity index (χ2n) is 5.16. The van der Waals surface area contributed by atoms with Gasteiger partial charge in [0.05, 0.1) is 10.9 Å². The maximum absolute atomic E-state index is 12.3. The summed E-state index contributed by atoms with van der Waals surface area (Å²) in [5, 5.41) is 5.77. The molecular weight excluding hydrogens is 288 g/mol. The molecule has 112 valence electrons. The van der Waals surface area contributed by atoms with Crippen molar-refractivity contribution in [2.75, 3.05) is 26.2 Å². The van der Waals surface area contributed by atoms with Gasteiger partial charge in [0.15, 0.2) is 5.82 Å². The van der Waals surface area contributed by atoms with E-state index in [1.807, 2.05) is 29.3 Å². The number of carbonyl (C=O) groups is 1. The third kappa shape index (κ3) is 2.98. The monoisotopic (exact) mass is 306 g/mol. The SMILES string of the molecule is Cc1noc(C(C)N2CCN(C(=O)c3cccs3)CC2)n1. The molecule has 0 saturated carbocycles. The van der Waals surface area contributed by atoms with E-state index >= 15 is 0 Å². The summed E-state index contributed by atoms with van der Waals surface area (Å²) in [4.78, 5) is 21.6. The third-order valence-electron chi connectivity index (χ3n) is 3.78. The van der Waals surface area contributed by atoms with Crippen LogP contribution in [0.1, 0.15) is 34.4 Å². The Morgan fingerprint density at radius 3 is 2.71 bits per heavy atom. The molecule has 1 atom stereocenters. The predicted octanol–water partition coefficient (Wildman–Crippen LogP) is 1.96. The number of nitrogens with zero attached hydrogens (tertiary/aromatic N) is 4. The molecule has 2 aromatic heterocycles. The second kappa shape index (κ2) is 5.95. The standard InChI is InChI=1S/C14H18N4O2S/c1-10(13-15-11(2)16-20-13)17-5-7-18(8-6-17)14(19)12-4-3-9-21-12/h3-4,9-10H,5-8H2,1-2H3.